The number of rotatable bonds is 4. The van der Waals surface area contributed by atoms with Gasteiger partial charge >= 0.3 is 5.91 Å². The van der Waals surface area contributed by atoms with Gasteiger partial charge in [-0.25, -0.2) is 5.43 Å². The number of fused-ring (bicyclic) bond motifs is 1. The van der Waals surface area contributed by atoms with E-state index in [1.807, 2.05) is 24.3 Å². The fourth-order valence-electron chi connectivity index (χ4n) is 2.62. The quantitative estimate of drug-likeness (QED) is 0.196. The monoisotopic (exact) mass is 598 g/mol. The molecule has 0 unspecified atom stereocenters. The van der Waals surface area contributed by atoms with Gasteiger partial charge in [-0.1, -0.05) is 33.6 Å². The number of nitrogens with zero attached hydrogens (tertiary/aromatic N) is 1. The minimum atomic E-state index is -0.466. The predicted molar refractivity (Wildman–Crippen MR) is 124 cm³/mol. The molecule has 0 spiro atoms. The summed E-state index contributed by atoms with van der Waals surface area (Å²) in [5.74, 6) is 0.808. The normalized spacial score (nSPS) is 11.4. The smallest absolute Gasteiger partial charge is 0.307 e. The molecule has 2 aromatic heterocycles. The lowest BCUT2D eigenvalue weighted by molar-refractivity contribution is 0.0929. The second-order valence-electron chi connectivity index (χ2n) is 5.95. The summed E-state index contributed by atoms with van der Waals surface area (Å²) >= 11 is 16.3. The molecule has 0 radical (unpaired) electrons. The van der Waals surface area contributed by atoms with Crippen LogP contribution in [0.25, 0.3) is 22.3 Å². The first-order valence-corrected chi connectivity index (χ1v) is 10.9. The fraction of sp³-hybridized carbons (Fsp3) is 0. The third-order valence-electron chi connectivity index (χ3n) is 3.95. The molecule has 0 aliphatic rings. The van der Waals surface area contributed by atoms with Crippen molar-refractivity contribution >= 4 is 82.5 Å². The lowest BCUT2D eigenvalue weighted by Crippen LogP contribution is -2.16. The first kappa shape index (κ1) is 20.4. The summed E-state index contributed by atoms with van der Waals surface area (Å²) in [6, 6.07) is 14.4. The molecular weight excluding hydrogens is 591 g/mol. The summed E-state index contributed by atoms with van der Waals surface area (Å²) < 4.78 is 13.8. The summed E-state index contributed by atoms with van der Waals surface area (Å²) in [6.45, 7) is 0. The van der Waals surface area contributed by atoms with Crippen LogP contribution in [0.5, 0.6) is 0 Å². The third kappa shape index (κ3) is 4.50. The van der Waals surface area contributed by atoms with Crippen molar-refractivity contribution in [3.8, 4) is 11.3 Å². The van der Waals surface area contributed by atoms with Gasteiger partial charge in [0.15, 0.2) is 5.76 Å². The van der Waals surface area contributed by atoms with E-state index in [2.05, 4.69) is 58.3 Å². The molecule has 0 aliphatic heterocycles. The van der Waals surface area contributed by atoms with Crippen LogP contribution in [0.2, 0.25) is 5.02 Å². The van der Waals surface area contributed by atoms with Gasteiger partial charge in [-0.15, -0.1) is 0 Å². The van der Waals surface area contributed by atoms with E-state index >= 15 is 0 Å². The van der Waals surface area contributed by atoms with Crippen molar-refractivity contribution < 1.29 is 13.6 Å². The minimum Gasteiger partial charge on any atom is -0.455 e. The Kier molecular flexibility index (Phi) is 5.96. The van der Waals surface area contributed by atoms with Crippen molar-refractivity contribution in [2.24, 2.45) is 5.10 Å². The van der Waals surface area contributed by atoms with Crippen LogP contribution in [0.3, 0.4) is 0 Å². The molecule has 9 heteroatoms. The lowest BCUT2D eigenvalue weighted by Gasteiger charge is -1.99. The van der Waals surface area contributed by atoms with Gasteiger partial charge in [0.05, 0.1) is 15.7 Å². The van der Waals surface area contributed by atoms with E-state index in [0.717, 1.165) is 24.4 Å². The molecule has 0 aliphatic carbocycles. The van der Waals surface area contributed by atoms with Crippen LogP contribution >= 0.6 is 59.4 Å². The lowest BCUT2D eigenvalue weighted by atomic mass is 10.2. The average molecular weight is 601 g/mol. The third-order valence-corrected chi connectivity index (χ3v) is 6.23. The van der Waals surface area contributed by atoms with E-state index in [1.165, 1.54) is 6.21 Å². The molecule has 0 bridgehead atoms. The van der Waals surface area contributed by atoms with Gasteiger partial charge in [0.1, 0.15) is 17.1 Å². The van der Waals surface area contributed by atoms with E-state index in [4.69, 9.17) is 20.4 Å². The molecule has 29 heavy (non-hydrogen) atoms. The van der Waals surface area contributed by atoms with Gasteiger partial charge in [-0.3, -0.25) is 4.79 Å². The highest BCUT2D eigenvalue weighted by Crippen LogP contribution is 2.31. The van der Waals surface area contributed by atoms with E-state index in [0.29, 0.717) is 22.1 Å². The van der Waals surface area contributed by atoms with E-state index in [1.54, 1.807) is 24.3 Å². The van der Waals surface area contributed by atoms with Gasteiger partial charge in [0.2, 0.25) is 0 Å². The molecule has 0 atom stereocenters. The molecule has 2 heterocycles. The number of halogens is 4. The van der Waals surface area contributed by atoms with Gasteiger partial charge in [0, 0.05) is 19.9 Å². The Morgan fingerprint density at radius 1 is 1.00 bits per heavy atom. The van der Waals surface area contributed by atoms with Crippen molar-refractivity contribution in [2.45, 2.75) is 0 Å². The van der Waals surface area contributed by atoms with Crippen LogP contribution < -0.4 is 5.43 Å². The Morgan fingerprint density at radius 3 is 2.62 bits per heavy atom. The first-order chi connectivity index (χ1) is 13.9. The van der Waals surface area contributed by atoms with Crippen molar-refractivity contribution in [3.63, 3.8) is 0 Å². The molecule has 1 N–H and O–H groups in total. The number of amides is 1. The molecule has 146 valence electrons. The van der Waals surface area contributed by atoms with Gasteiger partial charge in [-0.05, 0) is 74.3 Å². The number of carbonyl (C=O) groups excluding carboxylic acids is 1. The van der Waals surface area contributed by atoms with Gasteiger partial charge in [-0.2, -0.15) is 5.10 Å². The Labute approximate surface area is 195 Å². The highest BCUT2D eigenvalue weighted by molar-refractivity contribution is 9.11. The molecule has 0 fully saturated rings. The number of hydrogen-bond acceptors (Lipinski definition) is 4. The number of benzene rings is 2. The summed E-state index contributed by atoms with van der Waals surface area (Å²) in [6.07, 6.45) is 1.41. The van der Waals surface area contributed by atoms with Crippen LogP contribution in [-0.4, -0.2) is 12.1 Å². The standard InChI is InChI=1S/C20H10Br3ClN2O3/c21-12-5-11-7-18(29-19(11)15(23)8-12)20(27)26-25-9-13-2-4-17(28-13)10-1-3-14(22)16(24)6-10/h1-9H,(H,26,27)/b25-9-. The zero-order chi connectivity index (χ0) is 20.5. The minimum absolute atomic E-state index is 0.153. The summed E-state index contributed by atoms with van der Waals surface area (Å²) in [5.41, 5.74) is 3.85. The molecule has 5 nitrogen and oxygen atoms in total. The SMILES string of the molecule is O=C(N/N=C\c1ccc(-c2ccc(Br)c(Cl)c2)o1)c1cc2cc(Br)cc(Br)c2o1. The van der Waals surface area contributed by atoms with E-state index in [9.17, 15) is 4.79 Å². The number of nitrogens with one attached hydrogen (secondary N) is 1. The highest BCUT2D eigenvalue weighted by Gasteiger charge is 2.14. The molecular formula is C20H10Br3ClN2O3. The largest absolute Gasteiger partial charge is 0.455 e. The summed E-state index contributed by atoms with van der Waals surface area (Å²) in [5, 5.41) is 5.32. The Balaban J connectivity index is 1.46. The number of furan rings is 2. The summed E-state index contributed by atoms with van der Waals surface area (Å²) in [7, 11) is 0. The summed E-state index contributed by atoms with van der Waals surface area (Å²) in [4.78, 5) is 12.3. The molecule has 2 aromatic carbocycles. The first-order valence-electron chi connectivity index (χ1n) is 8.18. The van der Waals surface area contributed by atoms with E-state index in [-0.39, 0.29) is 5.76 Å². The van der Waals surface area contributed by atoms with Crippen molar-refractivity contribution in [1.29, 1.82) is 0 Å². The van der Waals surface area contributed by atoms with Crippen molar-refractivity contribution in [1.82, 2.24) is 5.43 Å². The maximum absolute atomic E-state index is 12.3. The molecule has 0 saturated carbocycles. The van der Waals surface area contributed by atoms with Crippen LogP contribution in [0.4, 0.5) is 0 Å². The maximum Gasteiger partial charge on any atom is 0.307 e. The molecule has 1 amide bonds. The van der Waals surface area contributed by atoms with Gasteiger partial charge < -0.3 is 8.83 Å². The Hall–Kier alpha value is -1.87. The molecule has 4 rings (SSSR count). The highest BCUT2D eigenvalue weighted by atomic mass is 79.9. The average Bonchev–Trinajstić information content (AvgIpc) is 3.31. The van der Waals surface area contributed by atoms with Gasteiger partial charge in [0.25, 0.3) is 0 Å². The Bertz CT molecular complexity index is 1260. The van der Waals surface area contributed by atoms with Crippen LogP contribution in [-0.2, 0) is 0 Å². The number of hydrogen-bond donors (Lipinski definition) is 1. The zero-order valence-electron chi connectivity index (χ0n) is 14.4. The van der Waals surface area contributed by atoms with Crippen molar-refractivity contribution in [2.75, 3.05) is 0 Å². The molecule has 0 saturated heterocycles. The second kappa shape index (κ2) is 8.47. The van der Waals surface area contributed by atoms with E-state index < -0.39 is 5.91 Å². The zero-order valence-corrected chi connectivity index (χ0v) is 19.9. The van der Waals surface area contributed by atoms with Crippen molar-refractivity contribution in [3.05, 3.63) is 78.5 Å². The topological polar surface area (TPSA) is 67.7 Å². The number of carbonyl (C=O) groups is 1. The van der Waals surface area contributed by atoms with Crippen LogP contribution in [0, 0.1) is 0 Å². The Morgan fingerprint density at radius 2 is 1.83 bits per heavy atom. The molecule has 4 aromatic rings. The predicted octanol–water partition coefficient (Wildman–Crippen LogP) is 7.40. The van der Waals surface area contributed by atoms with Crippen LogP contribution in [0.15, 0.2) is 75.9 Å². The van der Waals surface area contributed by atoms with Crippen LogP contribution in [0.1, 0.15) is 16.3 Å². The number of hydrazone groups is 1. The second-order valence-corrected chi connectivity index (χ2v) is 8.98. The fourth-order valence-corrected chi connectivity index (χ4v) is 4.39. The maximum atomic E-state index is 12.3.